The lowest BCUT2D eigenvalue weighted by Gasteiger charge is -2.59. The fraction of sp³-hybridized carbons (Fsp3) is 1.00. The summed E-state index contributed by atoms with van der Waals surface area (Å²) in [6.07, 6.45) is 14.8. The molecule has 1 heteroatoms. The largest absolute Gasteiger partial charge is 0.370 e. The van der Waals surface area contributed by atoms with Gasteiger partial charge in [-0.3, -0.25) is 0 Å². The average Bonchev–Trinajstić information content (AvgIpc) is 3.03. The van der Waals surface area contributed by atoms with Gasteiger partial charge < -0.3 is 4.74 Å². The lowest BCUT2D eigenvalue weighted by atomic mass is 9.45. The van der Waals surface area contributed by atoms with Crippen molar-refractivity contribution >= 4 is 0 Å². The van der Waals surface area contributed by atoms with E-state index in [1.54, 1.807) is 12.8 Å². The van der Waals surface area contributed by atoms with Crippen LogP contribution in [-0.2, 0) is 4.74 Å². The molecule has 4 saturated carbocycles. The summed E-state index contributed by atoms with van der Waals surface area (Å²) in [5.41, 5.74) is 1.35. The number of hydrogen-bond acceptors (Lipinski definition) is 1. The molecule has 3 unspecified atom stereocenters. The summed E-state index contributed by atoms with van der Waals surface area (Å²) >= 11 is 0. The molecule has 1 nitrogen and oxygen atoms in total. The van der Waals surface area contributed by atoms with E-state index in [0.717, 1.165) is 29.1 Å². The highest BCUT2D eigenvalue weighted by Gasteiger charge is 2.62. The van der Waals surface area contributed by atoms with Crippen molar-refractivity contribution in [1.29, 1.82) is 0 Å². The second kappa shape index (κ2) is 3.83. The molecule has 20 heavy (non-hydrogen) atoms. The Labute approximate surface area is 123 Å². The second-order valence-electron chi connectivity index (χ2n) is 9.39. The van der Waals surface area contributed by atoms with E-state index in [-0.39, 0.29) is 0 Å². The molecule has 0 N–H and O–H groups in total. The first-order valence-corrected chi connectivity index (χ1v) is 9.26. The summed E-state index contributed by atoms with van der Waals surface area (Å²) in [4.78, 5) is 0. The Morgan fingerprint density at radius 3 is 2.70 bits per heavy atom. The van der Waals surface area contributed by atoms with Gasteiger partial charge in [0.25, 0.3) is 0 Å². The molecule has 1 saturated heterocycles. The lowest BCUT2D eigenvalue weighted by Crippen LogP contribution is -2.52. The lowest BCUT2D eigenvalue weighted by molar-refractivity contribution is -0.0981. The molecule has 0 aromatic carbocycles. The van der Waals surface area contributed by atoms with Crippen LogP contribution in [0, 0.1) is 34.5 Å². The number of epoxide rings is 1. The molecule has 5 rings (SSSR count). The van der Waals surface area contributed by atoms with Gasteiger partial charge in [-0.25, -0.2) is 0 Å². The Kier molecular flexibility index (Phi) is 2.39. The van der Waals surface area contributed by atoms with Gasteiger partial charge >= 0.3 is 0 Å². The fourth-order valence-corrected chi connectivity index (χ4v) is 7.51. The maximum absolute atomic E-state index is 5.92. The monoisotopic (exact) mass is 274 g/mol. The highest BCUT2D eigenvalue weighted by atomic mass is 16.6. The SMILES string of the molecule is C[C@@]12CCC[C@H]1[C@@H]1CCC3CC4OC4C[C@]3(C)[C@H]1CC2. The van der Waals surface area contributed by atoms with Crippen LogP contribution in [0.25, 0.3) is 0 Å². The zero-order chi connectivity index (χ0) is 13.5. The van der Waals surface area contributed by atoms with E-state index >= 15 is 0 Å². The highest BCUT2D eigenvalue weighted by molar-refractivity contribution is 5.11. The van der Waals surface area contributed by atoms with Crippen LogP contribution in [0.2, 0.25) is 0 Å². The minimum Gasteiger partial charge on any atom is -0.370 e. The first-order valence-electron chi connectivity index (χ1n) is 9.26. The minimum atomic E-state index is 0.629. The molecule has 1 heterocycles. The third-order valence-corrected chi connectivity index (χ3v) is 8.69. The van der Waals surface area contributed by atoms with E-state index in [2.05, 4.69) is 13.8 Å². The van der Waals surface area contributed by atoms with Gasteiger partial charge in [-0.2, -0.15) is 0 Å². The van der Waals surface area contributed by atoms with Crippen LogP contribution in [0.5, 0.6) is 0 Å². The van der Waals surface area contributed by atoms with Crippen LogP contribution >= 0.6 is 0 Å². The highest BCUT2D eigenvalue weighted by Crippen LogP contribution is 2.67. The number of ether oxygens (including phenoxy) is 1. The van der Waals surface area contributed by atoms with Crippen LogP contribution in [0.1, 0.15) is 71.6 Å². The maximum atomic E-state index is 5.92. The molecule has 0 bridgehead atoms. The van der Waals surface area contributed by atoms with Gasteiger partial charge in [0.05, 0.1) is 12.2 Å². The van der Waals surface area contributed by atoms with Crippen molar-refractivity contribution in [2.45, 2.75) is 83.8 Å². The smallest absolute Gasteiger partial charge is 0.0847 e. The Balaban J connectivity index is 1.48. The molecular formula is C19H30O. The Bertz CT molecular complexity index is 431. The standard InChI is InChI=1S/C19H30O/c1-18-8-3-4-14(18)13-6-5-12-10-16-17(20-16)11-19(12,2)15(13)7-9-18/h12-17H,3-11H2,1-2H3/t12?,13-,14-,15-,16?,17?,18-,19-/m0/s1. The van der Waals surface area contributed by atoms with Crippen molar-refractivity contribution in [1.82, 2.24) is 0 Å². The van der Waals surface area contributed by atoms with Crippen LogP contribution in [0.15, 0.2) is 0 Å². The van der Waals surface area contributed by atoms with Crippen molar-refractivity contribution in [3.63, 3.8) is 0 Å². The zero-order valence-corrected chi connectivity index (χ0v) is 13.2. The average molecular weight is 274 g/mol. The van der Waals surface area contributed by atoms with Crippen molar-refractivity contribution in [2.24, 2.45) is 34.5 Å². The van der Waals surface area contributed by atoms with Gasteiger partial charge in [-0.15, -0.1) is 0 Å². The summed E-state index contributed by atoms with van der Waals surface area (Å²) in [6, 6.07) is 0. The van der Waals surface area contributed by atoms with E-state index in [0.29, 0.717) is 17.6 Å². The molecule has 112 valence electrons. The maximum Gasteiger partial charge on any atom is 0.0847 e. The molecule has 0 aromatic heterocycles. The van der Waals surface area contributed by atoms with E-state index in [4.69, 9.17) is 4.74 Å². The minimum absolute atomic E-state index is 0.629. The van der Waals surface area contributed by atoms with Crippen LogP contribution in [0.3, 0.4) is 0 Å². The van der Waals surface area contributed by atoms with Crippen molar-refractivity contribution < 1.29 is 4.74 Å². The van der Waals surface area contributed by atoms with Crippen LogP contribution in [0.4, 0.5) is 0 Å². The molecular weight excluding hydrogens is 244 g/mol. The fourth-order valence-electron chi connectivity index (χ4n) is 7.51. The third-order valence-electron chi connectivity index (χ3n) is 8.69. The van der Waals surface area contributed by atoms with Crippen molar-refractivity contribution in [2.75, 3.05) is 0 Å². The molecule has 5 fully saturated rings. The predicted molar refractivity (Wildman–Crippen MR) is 80.4 cm³/mol. The second-order valence-corrected chi connectivity index (χ2v) is 9.39. The van der Waals surface area contributed by atoms with Crippen molar-refractivity contribution in [3.8, 4) is 0 Å². The Morgan fingerprint density at radius 2 is 1.80 bits per heavy atom. The van der Waals surface area contributed by atoms with Gasteiger partial charge in [-0.1, -0.05) is 20.3 Å². The summed E-state index contributed by atoms with van der Waals surface area (Å²) in [5, 5.41) is 0. The van der Waals surface area contributed by atoms with E-state index in [1.807, 2.05) is 0 Å². The van der Waals surface area contributed by atoms with Crippen LogP contribution in [-0.4, -0.2) is 12.2 Å². The van der Waals surface area contributed by atoms with E-state index < -0.39 is 0 Å². The van der Waals surface area contributed by atoms with Gasteiger partial charge in [0.15, 0.2) is 0 Å². The van der Waals surface area contributed by atoms with Gasteiger partial charge in [0.1, 0.15) is 0 Å². The number of fused-ring (bicyclic) bond motifs is 6. The summed E-state index contributed by atoms with van der Waals surface area (Å²) in [7, 11) is 0. The third kappa shape index (κ3) is 1.49. The van der Waals surface area contributed by atoms with E-state index in [9.17, 15) is 0 Å². The molecule has 0 aromatic rings. The van der Waals surface area contributed by atoms with E-state index in [1.165, 1.54) is 44.9 Å². The van der Waals surface area contributed by atoms with Gasteiger partial charge in [-0.05, 0) is 85.9 Å². The Hall–Kier alpha value is -0.0400. The molecule has 0 radical (unpaired) electrons. The first kappa shape index (κ1) is 12.5. The number of rotatable bonds is 0. The molecule has 0 spiro atoms. The van der Waals surface area contributed by atoms with Crippen molar-refractivity contribution in [3.05, 3.63) is 0 Å². The number of hydrogen-bond donors (Lipinski definition) is 0. The quantitative estimate of drug-likeness (QED) is 0.578. The molecule has 0 amide bonds. The molecule has 4 aliphatic carbocycles. The zero-order valence-electron chi connectivity index (χ0n) is 13.2. The predicted octanol–water partition coefficient (Wildman–Crippen LogP) is 4.80. The summed E-state index contributed by atoms with van der Waals surface area (Å²) in [5.74, 6) is 4.14. The summed E-state index contributed by atoms with van der Waals surface area (Å²) in [6.45, 7) is 5.28. The molecule has 1 aliphatic heterocycles. The Morgan fingerprint density at radius 1 is 0.900 bits per heavy atom. The first-order chi connectivity index (χ1) is 9.60. The molecule has 5 aliphatic rings. The summed E-state index contributed by atoms with van der Waals surface area (Å²) < 4.78 is 5.92. The topological polar surface area (TPSA) is 12.5 Å². The molecule has 8 atom stereocenters. The normalized spacial score (nSPS) is 63.9. The van der Waals surface area contributed by atoms with Gasteiger partial charge in [0, 0.05) is 0 Å². The van der Waals surface area contributed by atoms with Gasteiger partial charge in [0.2, 0.25) is 0 Å². The van der Waals surface area contributed by atoms with Crippen LogP contribution < -0.4 is 0 Å².